The number of Topliss-reactive ketones (excluding diaryl/α,β-unsaturated/α-hetero) is 1. The maximum Gasteiger partial charge on any atom is 0.417 e. The molecule has 8 heteroatoms. The number of fused-ring (bicyclic) bond motifs is 5. The van der Waals surface area contributed by atoms with Crippen molar-refractivity contribution < 1.29 is 23.1 Å². The van der Waals surface area contributed by atoms with Crippen LogP contribution in [-0.2, 0) is 23.9 Å². The average molecular weight is 510 g/mol. The number of carbonyl (C=O) groups is 1. The quantitative estimate of drug-likeness (QED) is 0.441. The Morgan fingerprint density at radius 2 is 1.97 bits per heavy atom. The highest BCUT2D eigenvalue weighted by Crippen LogP contribution is 2.62. The third-order valence-corrected chi connectivity index (χ3v) is 9.33. The molecule has 5 nitrogen and oxygen atoms in total. The number of hydrogen-bond donors (Lipinski definition) is 1. The van der Waals surface area contributed by atoms with Gasteiger partial charge in [-0.05, 0) is 85.1 Å². The van der Waals surface area contributed by atoms with E-state index in [2.05, 4.69) is 23.3 Å². The Kier molecular flexibility index (Phi) is 5.69. The van der Waals surface area contributed by atoms with Crippen LogP contribution in [0.5, 0.6) is 5.75 Å². The van der Waals surface area contributed by atoms with E-state index in [1.807, 2.05) is 6.07 Å². The third-order valence-electron chi connectivity index (χ3n) is 9.33. The van der Waals surface area contributed by atoms with Gasteiger partial charge in [-0.2, -0.15) is 13.2 Å². The summed E-state index contributed by atoms with van der Waals surface area (Å²) in [6, 6.07) is 11.1. The minimum Gasteiger partial charge on any atom is -0.508 e. The van der Waals surface area contributed by atoms with E-state index in [9.17, 15) is 23.1 Å². The molecule has 3 aliphatic rings. The highest BCUT2D eigenvalue weighted by Gasteiger charge is 2.58. The summed E-state index contributed by atoms with van der Waals surface area (Å²) in [5.41, 5.74) is 1.72. The normalized spacial score (nSPS) is 29.0. The predicted octanol–water partition coefficient (Wildman–Crippen LogP) is 6.41. The molecule has 0 saturated heterocycles. The summed E-state index contributed by atoms with van der Waals surface area (Å²) in [4.78, 5) is 13.3. The van der Waals surface area contributed by atoms with E-state index < -0.39 is 11.7 Å². The van der Waals surface area contributed by atoms with Crippen molar-refractivity contribution in [2.75, 3.05) is 0 Å². The molecule has 0 bridgehead atoms. The molecule has 1 N–H and O–H groups in total. The number of alkyl halides is 3. The maximum absolute atomic E-state index is 13.5. The molecule has 37 heavy (non-hydrogen) atoms. The molecule has 5 atom stereocenters. The lowest BCUT2D eigenvalue weighted by Gasteiger charge is -2.50. The Morgan fingerprint density at radius 3 is 2.78 bits per heavy atom. The molecule has 0 spiro atoms. The number of phenols is 1. The zero-order valence-electron chi connectivity index (χ0n) is 20.7. The summed E-state index contributed by atoms with van der Waals surface area (Å²) in [5, 5.41) is 18.1. The van der Waals surface area contributed by atoms with Crippen LogP contribution in [-0.4, -0.2) is 25.9 Å². The molecule has 2 saturated carbocycles. The summed E-state index contributed by atoms with van der Waals surface area (Å²) in [6.07, 6.45) is 2.16. The summed E-state index contributed by atoms with van der Waals surface area (Å²) < 4.78 is 42.0. The van der Waals surface area contributed by atoms with Gasteiger partial charge in [0.1, 0.15) is 17.2 Å². The number of aryl methyl sites for hydroxylation is 2. The van der Waals surface area contributed by atoms with Crippen LogP contribution in [0.3, 0.4) is 0 Å². The highest BCUT2D eigenvalue weighted by atomic mass is 19.4. The van der Waals surface area contributed by atoms with E-state index in [0.29, 0.717) is 36.3 Å². The van der Waals surface area contributed by atoms with E-state index in [0.717, 1.165) is 38.2 Å². The van der Waals surface area contributed by atoms with Crippen LogP contribution < -0.4 is 0 Å². The first-order valence-electron chi connectivity index (χ1n) is 13.1. The van der Waals surface area contributed by atoms with Crippen molar-refractivity contribution >= 4 is 5.78 Å². The van der Waals surface area contributed by atoms with Gasteiger partial charge in [-0.3, -0.25) is 9.48 Å². The second-order valence-electron chi connectivity index (χ2n) is 11.3. The number of halogens is 3. The van der Waals surface area contributed by atoms with Crippen LogP contribution in [0.1, 0.15) is 61.6 Å². The van der Waals surface area contributed by atoms with Gasteiger partial charge in [0.25, 0.3) is 0 Å². The number of rotatable bonds is 4. The van der Waals surface area contributed by atoms with Crippen molar-refractivity contribution in [2.24, 2.45) is 23.2 Å². The lowest BCUT2D eigenvalue weighted by molar-refractivity contribution is -0.137. The minimum absolute atomic E-state index is 0.0203. The fourth-order valence-electron chi connectivity index (χ4n) is 7.68. The summed E-state index contributed by atoms with van der Waals surface area (Å²) in [5.74, 6) is 1.94. The molecular weight excluding hydrogens is 479 g/mol. The van der Waals surface area contributed by atoms with E-state index in [1.165, 1.54) is 23.3 Å². The fourth-order valence-corrected chi connectivity index (χ4v) is 7.68. The number of phenolic OH excluding ortho intramolecular Hbond substituents is 1. The van der Waals surface area contributed by atoms with Crippen molar-refractivity contribution in [1.82, 2.24) is 15.0 Å². The molecule has 0 aliphatic heterocycles. The summed E-state index contributed by atoms with van der Waals surface area (Å²) in [6.45, 7) is 2.65. The number of aromatic nitrogens is 3. The van der Waals surface area contributed by atoms with Gasteiger partial charge in [-0.25, -0.2) is 0 Å². The van der Waals surface area contributed by atoms with E-state index in [-0.39, 0.29) is 28.5 Å². The number of hydrogen-bond acceptors (Lipinski definition) is 4. The third kappa shape index (κ3) is 4.05. The molecule has 2 aromatic carbocycles. The van der Waals surface area contributed by atoms with Gasteiger partial charge in [0.15, 0.2) is 0 Å². The van der Waals surface area contributed by atoms with Gasteiger partial charge in [0.05, 0.1) is 11.8 Å². The van der Waals surface area contributed by atoms with Gasteiger partial charge >= 0.3 is 6.18 Å². The van der Waals surface area contributed by atoms with Crippen molar-refractivity contribution in [3.05, 3.63) is 65.4 Å². The van der Waals surface area contributed by atoms with Crippen LogP contribution in [0.25, 0.3) is 11.3 Å². The van der Waals surface area contributed by atoms with Gasteiger partial charge in [-0.15, -0.1) is 5.10 Å². The van der Waals surface area contributed by atoms with E-state index >= 15 is 0 Å². The standard InChI is InChI=1S/C29H30F3N3O2/c1-28-12-10-21-20-9-7-19(36)14-17(20)6-8-22(21)27(28)18(15-26(28)37)11-13-35-16-25(33-34-35)23-4-2-3-5-24(23)29(30,31)32/h2-5,7,9,14,16,18,21-22,27,36H,6,8,10-13,15H2,1H3/t18-,21-,22-,27+,28-/m1/s1. The first-order valence-corrected chi connectivity index (χ1v) is 13.1. The van der Waals surface area contributed by atoms with Crippen molar-refractivity contribution in [3.63, 3.8) is 0 Å². The summed E-state index contributed by atoms with van der Waals surface area (Å²) >= 11 is 0. The number of aromatic hydroxyl groups is 1. The molecule has 0 radical (unpaired) electrons. The summed E-state index contributed by atoms with van der Waals surface area (Å²) in [7, 11) is 0. The topological polar surface area (TPSA) is 68.0 Å². The first-order chi connectivity index (χ1) is 17.6. The SMILES string of the molecule is C[C@]12CC[C@@H]3c4ccc(O)cc4CC[C@H]3[C@@H]1[C@H](CCn1cc(-c3ccccc3C(F)(F)F)nn1)CC2=O. The molecule has 6 rings (SSSR count). The lowest BCUT2D eigenvalue weighted by atomic mass is 9.54. The monoisotopic (exact) mass is 509 g/mol. The van der Waals surface area contributed by atoms with Crippen LogP contribution in [0.15, 0.2) is 48.7 Å². The molecule has 0 unspecified atom stereocenters. The number of ketones is 1. The van der Waals surface area contributed by atoms with Crippen molar-refractivity contribution in [1.29, 1.82) is 0 Å². The molecule has 194 valence electrons. The second-order valence-corrected chi connectivity index (χ2v) is 11.3. The van der Waals surface area contributed by atoms with E-state index in [4.69, 9.17) is 0 Å². The molecule has 0 amide bonds. The van der Waals surface area contributed by atoms with Gasteiger partial charge in [-0.1, -0.05) is 36.4 Å². The molecule has 1 heterocycles. The predicted molar refractivity (Wildman–Crippen MR) is 132 cm³/mol. The van der Waals surface area contributed by atoms with Gasteiger partial charge < -0.3 is 5.11 Å². The second kappa shape index (κ2) is 8.71. The van der Waals surface area contributed by atoms with Crippen molar-refractivity contribution in [3.8, 4) is 17.0 Å². The smallest absolute Gasteiger partial charge is 0.417 e. The Labute approximate surface area is 213 Å². The lowest BCUT2D eigenvalue weighted by Crippen LogP contribution is -2.44. The van der Waals surface area contributed by atoms with Crippen LogP contribution in [0.4, 0.5) is 13.2 Å². The maximum atomic E-state index is 13.5. The number of carbonyl (C=O) groups excluding carboxylic acids is 1. The molecule has 1 aromatic heterocycles. The fraction of sp³-hybridized carbons (Fsp3) is 0.483. The van der Waals surface area contributed by atoms with Crippen LogP contribution in [0.2, 0.25) is 0 Å². The Morgan fingerprint density at radius 1 is 1.16 bits per heavy atom. The highest BCUT2D eigenvalue weighted by molar-refractivity contribution is 5.87. The van der Waals surface area contributed by atoms with Crippen LogP contribution >= 0.6 is 0 Å². The largest absolute Gasteiger partial charge is 0.508 e. The Hall–Kier alpha value is -3.16. The Bertz CT molecular complexity index is 1350. The number of nitrogens with zero attached hydrogens (tertiary/aromatic N) is 3. The average Bonchev–Trinajstić information content (AvgIpc) is 3.44. The zero-order valence-corrected chi connectivity index (χ0v) is 20.7. The minimum atomic E-state index is -4.47. The van der Waals surface area contributed by atoms with Gasteiger partial charge in [0.2, 0.25) is 0 Å². The Balaban J connectivity index is 1.22. The zero-order chi connectivity index (χ0) is 25.9. The van der Waals surface area contributed by atoms with Gasteiger partial charge in [0, 0.05) is 23.9 Å². The molecule has 3 aromatic rings. The first kappa shape index (κ1) is 24.2. The van der Waals surface area contributed by atoms with E-state index in [1.54, 1.807) is 23.0 Å². The van der Waals surface area contributed by atoms with Crippen LogP contribution in [0, 0.1) is 23.2 Å². The number of benzene rings is 2. The molecule has 3 aliphatic carbocycles. The molecular formula is C29H30F3N3O2. The molecule has 2 fully saturated rings. The van der Waals surface area contributed by atoms with Crippen molar-refractivity contribution in [2.45, 2.75) is 64.1 Å².